The Morgan fingerprint density at radius 3 is 2.65 bits per heavy atom. The van der Waals surface area contributed by atoms with Crippen molar-refractivity contribution in [1.82, 2.24) is 0 Å². The van der Waals surface area contributed by atoms with Crippen molar-refractivity contribution in [3.05, 3.63) is 29.8 Å². The molecule has 17 heavy (non-hydrogen) atoms. The molecule has 2 atom stereocenters. The molecular formula is C13H17BrO2S. The van der Waals surface area contributed by atoms with Crippen LogP contribution >= 0.6 is 0 Å². The molecule has 3 rings (SSSR count). The Hall–Kier alpha value is -0.190. The first-order valence-corrected chi connectivity index (χ1v) is 7.18. The van der Waals surface area contributed by atoms with Gasteiger partial charge in [0.25, 0.3) is 0 Å². The molecule has 0 bridgehead atoms. The van der Waals surface area contributed by atoms with Crippen LogP contribution in [0.2, 0.25) is 0 Å². The summed E-state index contributed by atoms with van der Waals surface area (Å²) in [6, 6.07) is 8.39. The number of ether oxygens (including phenoxy) is 1. The quantitative estimate of drug-likeness (QED) is 0.561. The maximum Gasteiger partial charge on any atom is 0.308 e. The molecule has 0 N–H and O–H groups in total. The number of rotatable bonds is 4. The van der Waals surface area contributed by atoms with Gasteiger partial charge in [0, 0.05) is 19.3 Å². The molecule has 0 saturated carbocycles. The van der Waals surface area contributed by atoms with Gasteiger partial charge < -0.3 is 21.7 Å². The van der Waals surface area contributed by atoms with Crippen molar-refractivity contribution in [2.45, 2.75) is 30.6 Å². The SMILES string of the molecule is COc1ccc(CCC23CCC[S+]2O3)cc1.[Br-]. The Balaban J connectivity index is 0.00000108. The number of hydrogen-bond donors (Lipinski definition) is 0. The summed E-state index contributed by atoms with van der Waals surface area (Å²) in [7, 11) is 1.70. The summed E-state index contributed by atoms with van der Waals surface area (Å²) in [6.07, 6.45) is 4.98. The molecule has 2 fully saturated rings. The predicted molar refractivity (Wildman–Crippen MR) is 66.6 cm³/mol. The monoisotopic (exact) mass is 316 g/mol. The lowest BCUT2D eigenvalue weighted by Gasteiger charge is -2.03. The number of halogens is 1. The first-order chi connectivity index (χ1) is 7.82. The average molecular weight is 317 g/mol. The molecule has 0 spiro atoms. The summed E-state index contributed by atoms with van der Waals surface area (Å²) >= 11 is 0.331. The van der Waals surface area contributed by atoms with Crippen LogP contribution in [0.25, 0.3) is 0 Å². The van der Waals surface area contributed by atoms with Crippen molar-refractivity contribution in [2.24, 2.45) is 0 Å². The van der Waals surface area contributed by atoms with E-state index in [0.717, 1.165) is 12.2 Å². The Bertz CT molecular complexity index is 382. The second kappa shape index (κ2) is 5.21. The van der Waals surface area contributed by atoms with Crippen LogP contribution in [0.4, 0.5) is 0 Å². The van der Waals surface area contributed by atoms with Gasteiger partial charge in [-0.1, -0.05) is 12.1 Å². The maximum atomic E-state index is 5.81. The van der Waals surface area contributed by atoms with Gasteiger partial charge in [-0.25, -0.2) is 0 Å². The van der Waals surface area contributed by atoms with E-state index in [0.29, 0.717) is 16.1 Å². The maximum absolute atomic E-state index is 5.81. The fraction of sp³-hybridized carbons (Fsp3) is 0.538. The van der Waals surface area contributed by atoms with E-state index in [1.165, 1.54) is 30.6 Å². The van der Waals surface area contributed by atoms with Gasteiger partial charge in [-0.2, -0.15) is 0 Å². The summed E-state index contributed by atoms with van der Waals surface area (Å²) in [5, 5.41) is 0. The summed E-state index contributed by atoms with van der Waals surface area (Å²) in [4.78, 5) is 0.305. The number of aryl methyl sites for hydroxylation is 1. The minimum Gasteiger partial charge on any atom is -1.00 e. The van der Waals surface area contributed by atoms with E-state index >= 15 is 0 Å². The second-order valence-corrected chi connectivity index (χ2v) is 6.51. The van der Waals surface area contributed by atoms with E-state index in [2.05, 4.69) is 12.1 Å². The molecule has 94 valence electrons. The van der Waals surface area contributed by atoms with Crippen LogP contribution in [0.15, 0.2) is 24.3 Å². The Morgan fingerprint density at radius 1 is 1.35 bits per heavy atom. The van der Waals surface area contributed by atoms with Gasteiger partial charge in [0.2, 0.25) is 0 Å². The number of fused-ring (bicyclic) bond motifs is 1. The third-order valence-corrected chi connectivity index (χ3v) is 5.83. The van der Waals surface area contributed by atoms with Gasteiger partial charge in [0.05, 0.1) is 7.11 Å². The summed E-state index contributed by atoms with van der Waals surface area (Å²) in [5.41, 5.74) is 1.39. The Morgan fingerprint density at radius 2 is 2.12 bits per heavy atom. The molecule has 2 nitrogen and oxygen atoms in total. The number of benzene rings is 1. The molecule has 2 aliphatic rings. The summed E-state index contributed by atoms with van der Waals surface area (Å²) in [6.45, 7) is 0. The Labute approximate surface area is 116 Å². The third-order valence-electron chi connectivity index (χ3n) is 3.48. The number of hydrogen-bond acceptors (Lipinski definition) is 2. The highest BCUT2D eigenvalue weighted by atomic mass is 79.9. The van der Waals surface area contributed by atoms with E-state index in [-0.39, 0.29) is 17.0 Å². The van der Waals surface area contributed by atoms with Crippen LogP contribution in [0.3, 0.4) is 0 Å². The molecule has 2 unspecified atom stereocenters. The lowest BCUT2D eigenvalue weighted by molar-refractivity contribution is -0.00000455. The lowest BCUT2D eigenvalue weighted by atomic mass is 10.0. The van der Waals surface area contributed by atoms with Crippen LogP contribution in [0, 0.1) is 0 Å². The van der Waals surface area contributed by atoms with Crippen LogP contribution in [0.1, 0.15) is 24.8 Å². The molecule has 1 aromatic carbocycles. The average Bonchev–Trinajstić information content (AvgIpc) is 2.89. The van der Waals surface area contributed by atoms with Gasteiger partial charge in [0.1, 0.15) is 11.5 Å². The molecule has 2 heterocycles. The summed E-state index contributed by atoms with van der Waals surface area (Å²) in [5.74, 6) is 2.24. The fourth-order valence-corrected chi connectivity index (χ4v) is 4.64. The van der Waals surface area contributed by atoms with E-state index in [4.69, 9.17) is 8.92 Å². The smallest absolute Gasteiger partial charge is 0.308 e. The Kier molecular flexibility index (Phi) is 4.06. The summed E-state index contributed by atoms with van der Waals surface area (Å²) < 4.78 is 11.0. The fourth-order valence-electron chi connectivity index (χ4n) is 2.43. The first kappa shape index (κ1) is 13.2. The highest BCUT2D eigenvalue weighted by Crippen LogP contribution is 2.53. The van der Waals surface area contributed by atoms with Crippen LogP contribution in [-0.4, -0.2) is 17.8 Å². The van der Waals surface area contributed by atoms with Crippen LogP contribution in [-0.2, 0) is 21.8 Å². The highest BCUT2D eigenvalue weighted by molar-refractivity contribution is 7.99. The zero-order chi connectivity index (χ0) is 11.0. The van der Waals surface area contributed by atoms with Crippen molar-refractivity contribution in [3.8, 4) is 5.75 Å². The third kappa shape index (κ3) is 2.64. The van der Waals surface area contributed by atoms with E-state index in [9.17, 15) is 0 Å². The van der Waals surface area contributed by atoms with Gasteiger partial charge in [-0.15, -0.1) is 4.18 Å². The molecular weight excluding hydrogens is 300 g/mol. The van der Waals surface area contributed by atoms with Crippen LogP contribution in [0.5, 0.6) is 5.75 Å². The van der Waals surface area contributed by atoms with Crippen molar-refractivity contribution in [1.29, 1.82) is 0 Å². The topological polar surface area (TPSA) is 21.8 Å². The minimum absolute atomic E-state index is 0. The van der Waals surface area contributed by atoms with E-state index < -0.39 is 0 Å². The molecule has 0 aromatic heterocycles. The molecule has 2 saturated heterocycles. The molecule has 1 aromatic rings. The van der Waals surface area contributed by atoms with Crippen molar-refractivity contribution < 1.29 is 25.9 Å². The molecule has 2 aliphatic heterocycles. The molecule has 0 amide bonds. The zero-order valence-corrected chi connectivity index (χ0v) is 12.4. The van der Waals surface area contributed by atoms with Gasteiger partial charge in [-0.05, 0) is 24.1 Å². The van der Waals surface area contributed by atoms with Crippen molar-refractivity contribution in [2.75, 3.05) is 12.9 Å². The standard InChI is InChI=1S/C13H17O2S.BrH/c1-14-12-5-3-11(4-6-12)7-9-13-8-2-10-16(13)15-13;/h3-6H,2,7-10H2,1H3;1H/q+1;/p-1. The predicted octanol–water partition coefficient (Wildman–Crippen LogP) is -0.315. The molecule has 0 radical (unpaired) electrons. The van der Waals surface area contributed by atoms with Crippen molar-refractivity contribution in [3.63, 3.8) is 0 Å². The molecule has 0 aliphatic carbocycles. The second-order valence-electron chi connectivity index (χ2n) is 4.50. The van der Waals surface area contributed by atoms with Gasteiger partial charge in [0.15, 0.2) is 11.2 Å². The van der Waals surface area contributed by atoms with Gasteiger partial charge in [-0.3, -0.25) is 0 Å². The normalized spacial score (nSPS) is 29.4. The van der Waals surface area contributed by atoms with Crippen molar-refractivity contribution >= 4 is 11.2 Å². The van der Waals surface area contributed by atoms with Gasteiger partial charge >= 0.3 is 4.93 Å². The first-order valence-electron chi connectivity index (χ1n) is 5.86. The minimum atomic E-state index is 0. The van der Waals surface area contributed by atoms with E-state index in [1.807, 2.05) is 12.1 Å². The lowest BCUT2D eigenvalue weighted by Crippen LogP contribution is -3.00. The van der Waals surface area contributed by atoms with Crippen LogP contribution < -0.4 is 21.7 Å². The highest BCUT2D eigenvalue weighted by Gasteiger charge is 2.73. The van der Waals surface area contributed by atoms with E-state index in [1.54, 1.807) is 7.11 Å². The zero-order valence-electron chi connectivity index (χ0n) is 9.95. The largest absolute Gasteiger partial charge is 1.00 e. The molecule has 4 heteroatoms. The number of methoxy groups -OCH3 is 1.